The third-order valence-corrected chi connectivity index (χ3v) is 7.13. The minimum absolute atomic E-state index is 0.0336. The van der Waals surface area contributed by atoms with E-state index < -0.39 is 6.04 Å². The summed E-state index contributed by atoms with van der Waals surface area (Å²) in [6.45, 7) is 4.89. The molecular weight excluding hydrogens is 508 g/mol. The molecule has 1 atom stereocenters. The zero-order valence-electron chi connectivity index (χ0n) is 19.7. The first kappa shape index (κ1) is 26.0. The van der Waals surface area contributed by atoms with Crippen LogP contribution in [0.1, 0.15) is 29.2 Å². The first-order valence-electron chi connectivity index (χ1n) is 11.5. The van der Waals surface area contributed by atoms with E-state index in [1.165, 1.54) is 11.1 Å². The molecule has 6 heteroatoms. The lowest BCUT2D eigenvalue weighted by atomic mass is 10.0. The Balaban J connectivity index is 1.82. The predicted molar refractivity (Wildman–Crippen MR) is 145 cm³/mol. The van der Waals surface area contributed by atoms with Crippen molar-refractivity contribution in [2.24, 2.45) is 0 Å². The Morgan fingerprint density at radius 3 is 2.29 bits per heavy atom. The van der Waals surface area contributed by atoms with Crippen LogP contribution in [0.25, 0.3) is 0 Å². The Hall–Kier alpha value is -2.57. The van der Waals surface area contributed by atoms with Crippen molar-refractivity contribution in [2.75, 3.05) is 12.3 Å². The van der Waals surface area contributed by atoms with Crippen molar-refractivity contribution < 1.29 is 9.59 Å². The van der Waals surface area contributed by atoms with Crippen molar-refractivity contribution in [1.29, 1.82) is 0 Å². The van der Waals surface area contributed by atoms with Crippen LogP contribution in [0, 0.1) is 6.92 Å². The Morgan fingerprint density at radius 2 is 1.62 bits per heavy atom. The van der Waals surface area contributed by atoms with Crippen molar-refractivity contribution in [3.05, 3.63) is 106 Å². The van der Waals surface area contributed by atoms with Crippen LogP contribution >= 0.6 is 27.7 Å². The molecule has 0 saturated heterocycles. The van der Waals surface area contributed by atoms with Gasteiger partial charge in [-0.1, -0.05) is 82.7 Å². The summed E-state index contributed by atoms with van der Waals surface area (Å²) in [6, 6.07) is 25.4. The lowest BCUT2D eigenvalue weighted by Gasteiger charge is -2.31. The van der Waals surface area contributed by atoms with Crippen molar-refractivity contribution in [1.82, 2.24) is 10.2 Å². The van der Waals surface area contributed by atoms with Gasteiger partial charge in [-0.25, -0.2) is 0 Å². The van der Waals surface area contributed by atoms with Crippen LogP contribution in [0.5, 0.6) is 0 Å². The molecule has 1 N–H and O–H groups in total. The smallest absolute Gasteiger partial charge is 0.243 e. The molecule has 0 aliphatic rings. The van der Waals surface area contributed by atoms with Gasteiger partial charge in [0.1, 0.15) is 6.04 Å². The average molecular weight is 540 g/mol. The fourth-order valence-electron chi connectivity index (χ4n) is 3.74. The highest BCUT2D eigenvalue weighted by Crippen LogP contribution is 2.20. The monoisotopic (exact) mass is 538 g/mol. The summed E-state index contributed by atoms with van der Waals surface area (Å²) in [6.07, 6.45) is 0.470. The van der Waals surface area contributed by atoms with E-state index >= 15 is 0 Å². The molecule has 0 bridgehead atoms. The van der Waals surface area contributed by atoms with E-state index in [0.29, 0.717) is 25.3 Å². The van der Waals surface area contributed by atoms with E-state index in [1.54, 1.807) is 16.7 Å². The van der Waals surface area contributed by atoms with Crippen LogP contribution in [0.2, 0.25) is 0 Å². The highest BCUT2D eigenvalue weighted by atomic mass is 79.9. The van der Waals surface area contributed by atoms with E-state index in [9.17, 15) is 9.59 Å². The molecule has 0 aliphatic carbocycles. The average Bonchev–Trinajstić information content (AvgIpc) is 2.84. The number of likely N-dealkylation sites (N-methyl/N-ethyl adjacent to an activating group) is 1. The first-order chi connectivity index (χ1) is 16.5. The second-order valence-corrected chi connectivity index (χ2v) is 10.1. The molecule has 0 spiro atoms. The number of thioether (sulfide) groups is 1. The molecule has 0 radical (unpaired) electrons. The van der Waals surface area contributed by atoms with E-state index in [1.807, 2.05) is 73.7 Å². The Kier molecular flexibility index (Phi) is 10.2. The van der Waals surface area contributed by atoms with Crippen LogP contribution in [-0.4, -0.2) is 35.1 Å². The van der Waals surface area contributed by atoms with Gasteiger partial charge in [0, 0.05) is 29.7 Å². The third-order valence-electron chi connectivity index (χ3n) is 5.63. The van der Waals surface area contributed by atoms with Crippen molar-refractivity contribution in [2.45, 2.75) is 38.6 Å². The van der Waals surface area contributed by atoms with Crippen LogP contribution in [0.4, 0.5) is 0 Å². The summed E-state index contributed by atoms with van der Waals surface area (Å²) in [5.41, 5.74) is 4.46. The van der Waals surface area contributed by atoms with Gasteiger partial charge in [0.05, 0.1) is 5.75 Å². The molecule has 3 rings (SSSR count). The van der Waals surface area contributed by atoms with Crippen LogP contribution in [-0.2, 0) is 28.3 Å². The van der Waals surface area contributed by atoms with Gasteiger partial charge >= 0.3 is 0 Å². The maximum absolute atomic E-state index is 13.5. The number of benzene rings is 3. The molecule has 0 saturated carbocycles. The number of halogens is 1. The molecule has 34 heavy (non-hydrogen) atoms. The van der Waals surface area contributed by atoms with E-state index in [0.717, 1.165) is 21.4 Å². The molecule has 0 aliphatic heterocycles. The number of hydrogen-bond donors (Lipinski definition) is 1. The summed E-state index contributed by atoms with van der Waals surface area (Å²) < 4.78 is 0.979. The van der Waals surface area contributed by atoms with E-state index in [-0.39, 0.29) is 11.8 Å². The zero-order chi connectivity index (χ0) is 24.3. The zero-order valence-corrected chi connectivity index (χ0v) is 22.1. The molecular formula is C28H31BrN2O2S. The summed E-state index contributed by atoms with van der Waals surface area (Å²) in [7, 11) is 0. The first-order valence-corrected chi connectivity index (χ1v) is 13.4. The number of rotatable bonds is 11. The third kappa shape index (κ3) is 7.74. The summed E-state index contributed by atoms with van der Waals surface area (Å²) in [5.74, 6) is 0.916. The van der Waals surface area contributed by atoms with Crippen LogP contribution in [0.15, 0.2) is 83.3 Å². The van der Waals surface area contributed by atoms with E-state index in [4.69, 9.17) is 0 Å². The lowest BCUT2D eigenvalue weighted by molar-refractivity contribution is -0.139. The topological polar surface area (TPSA) is 49.4 Å². The number of nitrogens with zero attached hydrogens (tertiary/aromatic N) is 1. The van der Waals surface area contributed by atoms with Gasteiger partial charge in [0.25, 0.3) is 0 Å². The van der Waals surface area contributed by atoms with Gasteiger partial charge in [-0.15, -0.1) is 11.8 Å². The molecule has 3 aromatic rings. The minimum atomic E-state index is -0.586. The van der Waals surface area contributed by atoms with E-state index in [2.05, 4.69) is 40.3 Å². The fourth-order valence-corrected chi connectivity index (χ4v) is 4.99. The minimum Gasteiger partial charge on any atom is -0.355 e. The standard InChI is InChI=1S/C28H31BrN2O2S/c1-3-30-28(33)26(17-22-10-5-4-6-11-22)31(18-23-13-15-25(29)16-14-23)27(32)20-34-19-24-12-8-7-9-21(24)2/h4-16,26H,3,17-20H2,1-2H3,(H,30,33)/t26-/m1/s1. The maximum Gasteiger partial charge on any atom is 0.243 e. The molecule has 0 fully saturated rings. The number of nitrogens with one attached hydrogen (secondary N) is 1. The largest absolute Gasteiger partial charge is 0.355 e. The Bertz CT molecular complexity index is 1070. The van der Waals surface area contributed by atoms with Crippen LogP contribution < -0.4 is 5.32 Å². The quantitative estimate of drug-likeness (QED) is 0.337. The number of carbonyl (C=O) groups excluding carboxylic acids is 2. The number of aryl methyl sites for hydroxylation is 1. The summed E-state index contributed by atoms with van der Waals surface area (Å²) in [5, 5.41) is 2.94. The molecule has 2 amide bonds. The van der Waals surface area contributed by atoms with Gasteiger partial charge in [0.2, 0.25) is 11.8 Å². The highest BCUT2D eigenvalue weighted by molar-refractivity contribution is 9.10. The molecule has 3 aromatic carbocycles. The van der Waals surface area contributed by atoms with Gasteiger partial charge in [0.15, 0.2) is 0 Å². The number of hydrogen-bond acceptors (Lipinski definition) is 3. The lowest BCUT2D eigenvalue weighted by Crippen LogP contribution is -2.51. The number of carbonyl (C=O) groups is 2. The molecule has 4 nitrogen and oxygen atoms in total. The fraction of sp³-hybridized carbons (Fsp3) is 0.286. The highest BCUT2D eigenvalue weighted by Gasteiger charge is 2.30. The Morgan fingerprint density at radius 1 is 0.941 bits per heavy atom. The van der Waals surface area contributed by atoms with Gasteiger partial charge < -0.3 is 10.2 Å². The molecule has 0 heterocycles. The number of amides is 2. The van der Waals surface area contributed by atoms with Gasteiger partial charge in [-0.3, -0.25) is 9.59 Å². The predicted octanol–water partition coefficient (Wildman–Crippen LogP) is 5.77. The molecule has 0 aromatic heterocycles. The van der Waals surface area contributed by atoms with Crippen LogP contribution in [0.3, 0.4) is 0 Å². The van der Waals surface area contributed by atoms with Crippen molar-refractivity contribution >= 4 is 39.5 Å². The SMILES string of the molecule is CCNC(=O)[C@@H](Cc1ccccc1)N(Cc1ccc(Br)cc1)C(=O)CSCc1ccccc1C. The summed E-state index contributed by atoms with van der Waals surface area (Å²) >= 11 is 5.06. The van der Waals surface area contributed by atoms with Crippen molar-refractivity contribution in [3.8, 4) is 0 Å². The Labute approximate surface area is 215 Å². The summed E-state index contributed by atoms with van der Waals surface area (Å²) in [4.78, 5) is 28.4. The maximum atomic E-state index is 13.5. The second kappa shape index (κ2) is 13.4. The second-order valence-electron chi connectivity index (χ2n) is 8.17. The van der Waals surface area contributed by atoms with Gasteiger partial charge in [-0.05, 0) is 48.2 Å². The molecule has 0 unspecified atom stereocenters. The van der Waals surface area contributed by atoms with Gasteiger partial charge in [-0.2, -0.15) is 0 Å². The molecule has 178 valence electrons. The normalized spacial score (nSPS) is 11.6. The van der Waals surface area contributed by atoms with Crippen molar-refractivity contribution in [3.63, 3.8) is 0 Å².